The molecule has 4 N–H and O–H groups in total. The quantitative estimate of drug-likeness (QED) is 0.0153. The number of rotatable bonds is 32. The number of halogens is 2. The number of pyridine rings is 4. The van der Waals surface area contributed by atoms with E-state index in [1.165, 1.54) is 135 Å². The molecule has 4 amide bonds. The first-order chi connectivity index (χ1) is 56.7. The van der Waals surface area contributed by atoms with Crippen molar-refractivity contribution in [2.75, 3.05) is 33.7 Å². The van der Waals surface area contributed by atoms with Gasteiger partial charge in [-0.15, -0.1) is 0 Å². The predicted octanol–water partition coefficient (Wildman–Crippen LogP) is 21.3. The average molecular weight is 1900 g/mol. The normalized spacial score (nSPS) is 15.5. The second kappa shape index (κ2) is 52.8. The zero-order valence-electron chi connectivity index (χ0n) is 75.8. The molecule has 2 fully saturated rings. The summed E-state index contributed by atoms with van der Waals surface area (Å²) in [6, 6.07) is 12.1. The van der Waals surface area contributed by atoms with Crippen LogP contribution in [0, 0.1) is 0 Å². The molecule has 2 aliphatic carbocycles. The van der Waals surface area contributed by atoms with Crippen LogP contribution in [0.4, 0.5) is 32.6 Å². The van der Waals surface area contributed by atoms with Crippen LogP contribution in [0.25, 0.3) is 11.4 Å². The van der Waals surface area contributed by atoms with Crippen LogP contribution in [0.1, 0.15) is 288 Å². The summed E-state index contributed by atoms with van der Waals surface area (Å²) < 4.78 is 26.1. The molecule has 0 saturated heterocycles. The first-order valence-electron chi connectivity index (χ1n) is 44.4. The summed E-state index contributed by atoms with van der Waals surface area (Å²) in [4.78, 5) is 104. The number of carbonyl (C=O) groups is 5. The second-order valence-corrected chi connectivity index (χ2v) is 64.6. The Morgan fingerprint density at radius 1 is 0.513 bits per heavy atom. The van der Waals surface area contributed by atoms with E-state index < -0.39 is 58.5 Å². The van der Waals surface area contributed by atoms with Crippen LogP contribution < -0.4 is 39.5 Å². The SMILES string of the molecule is CC(C)(C)OC(=O)NCc1cccnc1.CCC[CH2][Sn]([CH2]CCC)([CH2]CCC)[c]1ccncc1CNC(=O)OC(C)(C)C.CCC[CH2][Sn]([Cl])([CH2]CCC)[CH2]CCC.CC[C@@H]1C(=O)N(C)c2cnc(-c3ccncc3CCC(=O)OC(C)(C)C)nc2N1C1CCCC1.CC[C@@H]1C(=O)N(C)c2cnc(Cl)nc2N1C1CCCC1.NCc1cccnc1. The summed E-state index contributed by atoms with van der Waals surface area (Å²) >= 11 is 1.33. The summed E-state index contributed by atoms with van der Waals surface area (Å²) in [5.41, 5.74) is 10.3. The van der Waals surface area contributed by atoms with E-state index in [1.807, 2.05) is 112 Å². The number of aryl methyl sites for hydroxylation is 1. The van der Waals surface area contributed by atoms with Crippen molar-refractivity contribution >= 4 is 113 Å². The molecule has 0 bridgehead atoms. The number of hydrogen-bond acceptors (Lipinski definition) is 19. The smallest absolute Gasteiger partial charge is 0.306 e. The van der Waals surface area contributed by atoms with Crippen LogP contribution >= 0.6 is 20.5 Å². The fourth-order valence-electron chi connectivity index (χ4n) is 15.6. The zero-order chi connectivity index (χ0) is 87.8. The number of esters is 1. The number of fused-ring (bicyclic) bond motifs is 2. The molecule has 0 unspecified atom stereocenters. The monoisotopic (exact) mass is 1900 g/mol. The van der Waals surface area contributed by atoms with Crippen LogP contribution in [0.5, 0.6) is 0 Å². The van der Waals surface area contributed by atoms with E-state index in [9.17, 15) is 24.0 Å². The molecular weight excluding hydrogens is 1750 g/mol. The summed E-state index contributed by atoms with van der Waals surface area (Å²) in [5, 5.41) is 5.86. The number of anilines is 4. The Morgan fingerprint density at radius 2 is 0.924 bits per heavy atom. The van der Waals surface area contributed by atoms with Gasteiger partial charge in [-0.25, -0.2) is 19.7 Å². The van der Waals surface area contributed by atoms with Gasteiger partial charge in [0.2, 0.25) is 17.1 Å². The minimum atomic E-state index is -2.56. The number of nitrogens with zero attached hydrogens (tertiary/aromatic N) is 12. The molecule has 6 aromatic rings. The second-order valence-electron chi connectivity index (χ2n) is 34.9. The van der Waals surface area contributed by atoms with Crippen LogP contribution in [-0.4, -0.2) is 161 Å². The first-order valence-corrected chi connectivity index (χ1v) is 61.9. The van der Waals surface area contributed by atoms with Gasteiger partial charge in [0.15, 0.2) is 17.5 Å². The van der Waals surface area contributed by atoms with E-state index in [2.05, 4.69) is 110 Å². The van der Waals surface area contributed by atoms with E-state index in [1.54, 1.807) is 77.0 Å². The molecule has 10 rings (SSSR count). The van der Waals surface area contributed by atoms with Crippen LogP contribution in [0.15, 0.2) is 98.4 Å². The largest absolute Gasteiger partial charge is 0.460 e. The van der Waals surface area contributed by atoms with Crippen molar-refractivity contribution in [3.63, 3.8) is 0 Å². The summed E-state index contributed by atoms with van der Waals surface area (Å²) in [7, 11) is 10.5. The molecule has 27 heteroatoms. The molecular formula is C92H147Cl2N15O8Sn2. The maximum atomic E-state index is 13.1. The number of carbonyl (C=O) groups excluding carboxylic acids is 5. The van der Waals surface area contributed by atoms with Crippen LogP contribution in [0.2, 0.25) is 31.9 Å². The number of alkyl carbamates (subject to hydrolysis) is 2. The molecule has 6 aromatic heterocycles. The third-order valence-corrected chi connectivity index (χ3v) is 52.3. The van der Waals surface area contributed by atoms with Crippen molar-refractivity contribution in [2.24, 2.45) is 5.73 Å². The fourth-order valence-corrected chi connectivity index (χ4v) is 45.9. The molecule has 0 radical (unpaired) electrons. The predicted molar refractivity (Wildman–Crippen MR) is 493 cm³/mol. The Labute approximate surface area is 731 Å². The average Bonchev–Trinajstić information content (AvgIpc) is 1.75. The number of hydrogen-bond donors (Lipinski definition) is 3. The molecule has 119 heavy (non-hydrogen) atoms. The van der Waals surface area contributed by atoms with Crippen molar-refractivity contribution in [2.45, 2.75) is 359 Å². The Bertz CT molecular complexity index is 3930. The molecule has 4 aliphatic rings. The van der Waals surface area contributed by atoms with E-state index in [0.717, 1.165) is 83.8 Å². The summed E-state index contributed by atoms with van der Waals surface area (Å²) in [5.74, 6) is 2.19. The van der Waals surface area contributed by atoms with Gasteiger partial charge in [-0.1, -0.05) is 51.7 Å². The van der Waals surface area contributed by atoms with Gasteiger partial charge in [0, 0.05) is 88.4 Å². The van der Waals surface area contributed by atoms with Gasteiger partial charge in [0.25, 0.3) is 0 Å². The Hall–Kier alpha value is -6.55. The minimum Gasteiger partial charge on any atom is -0.460 e. The topological polar surface area (TPSA) is 279 Å². The molecule has 660 valence electrons. The van der Waals surface area contributed by atoms with E-state index in [4.69, 9.17) is 45.5 Å². The zero-order valence-corrected chi connectivity index (χ0v) is 83.1. The molecule has 0 spiro atoms. The number of nitrogens with two attached hydrogens (primary N) is 1. The van der Waals surface area contributed by atoms with Gasteiger partial charge in [-0.05, 0) is 133 Å². The first kappa shape index (κ1) is 103. The molecule has 23 nitrogen and oxygen atoms in total. The van der Waals surface area contributed by atoms with E-state index in [0.29, 0.717) is 44.0 Å². The van der Waals surface area contributed by atoms with Crippen molar-refractivity contribution < 1.29 is 38.2 Å². The van der Waals surface area contributed by atoms with E-state index >= 15 is 0 Å². The van der Waals surface area contributed by atoms with Crippen molar-refractivity contribution in [1.29, 1.82) is 0 Å². The number of amides is 4. The Morgan fingerprint density at radius 3 is 1.34 bits per heavy atom. The fraction of sp³-hybridized carbons (Fsp3) is 0.641. The number of unbranched alkanes of at least 4 members (excludes halogenated alkanes) is 6. The maximum absolute atomic E-state index is 13.1. The van der Waals surface area contributed by atoms with Crippen molar-refractivity contribution in [1.82, 2.24) is 50.5 Å². The number of aromatic nitrogens is 8. The number of likely N-dealkylation sites (N-methyl/N-ethyl adjacent to an activating group) is 2. The summed E-state index contributed by atoms with van der Waals surface area (Å²) in [6.07, 6.45) is 44.2. The van der Waals surface area contributed by atoms with Gasteiger partial charge in [-0.3, -0.25) is 29.3 Å². The van der Waals surface area contributed by atoms with Crippen LogP contribution in [0.3, 0.4) is 0 Å². The molecule has 2 atom stereocenters. The number of nitrogens with one attached hydrogen (secondary N) is 2. The molecule has 2 saturated carbocycles. The van der Waals surface area contributed by atoms with E-state index in [-0.39, 0.29) is 47.7 Å². The third kappa shape index (κ3) is 34.9. The molecule has 8 heterocycles. The van der Waals surface area contributed by atoms with Gasteiger partial charge < -0.3 is 40.1 Å². The molecule has 0 aromatic carbocycles. The Balaban J connectivity index is 0.000000268. The number of ether oxygens (including phenoxy) is 3. The Kier molecular flexibility index (Phi) is 45.7. The minimum absolute atomic E-state index is 0.0974. The van der Waals surface area contributed by atoms with Crippen LogP contribution in [-0.2, 0) is 54.6 Å². The standard InChI is InChI=1S/C26H35N5O3.C14H19ClN4O.C11H16N2O2.C11H15N2O2.C6H8N2.6C4H9.ClH.2Sn/c1-6-20-25(33)30(5)21-16-28-23(29-24(21)31(20)18-9-7-8-10-18)19-13-14-27-15-17(19)11-12-22(32)34-26(2,3)4;1-3-10-13(20)18(2)11-8-16-14(15)17-12(11)19(10)9-6-4-5-7-9;2*1-11(2,3)15-10(14)13-8-9-5-4-6-12-7-9;7-4-6-2-1-3-8-5-6;6*1-3-4-2;;;/h13-16,18,20H,6-12H2,1-5H3;8-10H,3-7H2,1-2H3;4-7H,8H2,1-3H3,(H,13,14);4,6-7H,8H2,1-3H3,(H,13,14);1-3,5H,4,7H2;6*1,3-4H2,2H3;1H;;/q;;;;;;;;;;;;;+1/p-1/t20-;10-;;;;;;;;;;;;/m11............/s1. The van der Waals surface area contributed by atoms with Gasteiger partial charge in [0.05, 0.1) is 12.4 Å². The molecule has 2 aliphatic heterocycles. The van der Waals surface area contributed by atoms with Crippen molar-refractivity contribution in [3.8, 4) is 11.4 Å². The summed E-state index contributed by atoms with van der Waals surface area (Å²) in [6.45, 7) is 36.1. The van der Waals surface area contributed by atoms with Gasteiger partial charge >= 0.3 is 288 Å². The van der Waals surface area contributed by atoms with Gasteiger partial charge in [-0.2, -0.15) is 4.98 Å². The third-order valence-electron chi connectivity index (χ3n) is 21.7. The maximum Gasteiger partial charge on any atom is 0.306 e. The van der Waals surface area contributed by atoms with Gasteiger partial charge in [0.1, 0.15) is 34.7 Å². The van der Waals surface area contributed by atoms with Crippen molar-refractivity contribution in [3.05, 3.63) is 126 Å².